The van der Waals surface area contributed by atoms with Crippen LogP contribution in [0.2, 0.25) is 0 Å². The molecule has 0 radical (unpaired) electrons. The Hall–Kier alpha value is -2.04. The molecule has 0 bridgehead atoms. The minimum absolute atomic E-state index is 0.0474. The van der Waals surface area contributed by atoms with Gasteiger partial charge in [-0.25, -0.2) is 4.79 Å². The minimum Gasteiger partial charge on any atom is -0.481 e. The van der Waals surface area contributed by atoms with Gasteiger partial charge in [0.2, 0.25) is 0 Å². The zero-order valence-electron chi connectivity index (χ0n) is 11.6. The van der Waals surface area contributed by atoms with Crippen molar-refractivity contribution in [2.45, 2.75) is 27.2 Å². The van der Waals surface area contributed by atoms with Crippen LogP contribution in [-0.2, 0) is 4.79 Å². The number of carboxylic acids is 1. The minimum atomic E-state index is -0.905. The Morgan fingerprint density at radius 1 is 1.26 bits per heavy atom. The normalized spacial score (nSPS) is 10.1. The number of hydrogen-bond acceptors (Lipinski definition) is 2. The lowest BCUT2D eigenvalue weighted by molar-refractivity contribution is -0.137. The zero-order chi connectivity index (χ0) is 14.4. The molecule has 0 heterocycles. The molecule has 0 unspecified atom stereocenters. The molecule has 0 aliphatic carbocycles. The molecule has 1 rings (SSSR count). The van der Waals surface area contributed by atoms with Crippen molar-refractivity contribution in [3.8, 4) is 0 Å². The number of nitrogens with one attached hydrogen (secondary N) is 1. The van der Waals surface area contributed by atoms with Gasteiger partial charge >= 0.3 is 12.0 Å². The summed E-state index contributed by atoms with van der Waals surface area (Å²) in [7, 11) is 0. The number of carbonyl (C=O) groups excluding carboxylic acids is 1. The highest BCUT2D eigenvalue weighted by Gasteiger charge is 2.13. The van der Waals surface area contributed by atoms with Gasteiger partial charge in [0.25, 0.3) is 0 Å². The Morgan fingerprint density at radius 3 is 2.47 bits per heavy atom. The molecule has 5 nitrogen and oxygen atoms in total. The van der Waals surface area contributed by atoms with Crippen molar-refractivity contribution in [2.75, 3.05) is 18.4 Å². The molecular formula is C14H20N2O3. The Bertz CT molecular complexity index is 472. The molecule has 104 valence electrons. The summed E-state index contributed by atoms with van der Waals surface area (Å²) in [6, 6.07) is 5.41. The summed E-state index contributed by atoms with van der Waals surface area (Å²) in [5, 5.41) is 11.4. The topological polar surface area (TPSA) is 69.6 Å². The maximum absolute atomic E-state index is 12.0. The maximum Gasteiger partial charge on any atom is 0.321 e. The second-order valence-electron chi connectivity index (χ2n) is 4.45. The number of rotatable bonds is 5. The van der Waals surface area contributed by atoms with Crippen LogP contribution in [0.4, 0.5) is 10.5 Å². The van der Waals surface area contributed by atoms with E-state index in [4.69, 9.17) is 5.11 Å². The predicted octanol–water partition coefficient (Wildman–Crippen LogP) is 2.63. The molecule has 0 saturated carbocycles. The van der Waals surface area contributed by atoms with Gasteiger partial charge in [0.1, 0.15) is 0 Å². The lowest BCUT2D eigenvalue weighted by Crippen LogP contribution is -2.36. The summed E-state index contributed by atoms with van der Waals surface area (Å²) in [6.45, 7) is 6.49. The van der Waals surface area contributed by atoms with Crippen LogP contribution in [0.5, 0.6) is 0 Å². The van der Waals surface area contributed by atoms with E-state index in [-0.39, 0.29) is 19.0 Å². The first-order chi connectivity index (χ1) is 8.93. The van der Waals surface area contributed by atoms with Crippen LogP contribution in [0.15, 0.2) is 18.2 Å². The Balaban J connectivity index is 2.65. The summed E-state index contributed by atoms with van der Waals surface area (Å²) >= 11 is 0. The van der Waals surface area contributed by atoms with Gasteiger partial charge < -0.3 is 15.3 Å². The van der Waals surface area contributed by atoms with Gasteiger partial charge in [-0.15, -0.1) is 0 Å². The van der Waals surface area contributed by atoms with Crippen LogP contribution in [0, 0.1) is 13.8 Å². The van der Waals surface area contributed by atoms with Gasteiger partial charge in [-0.3, -0.25) is 4.79 Å². The maximum atomic E-state index is 12.0. The van der Waals surface area contributed by atoms with E-state index in [2.05, 4.69) is 5.32 Å². The number of nitrogens with zero attached hydrogens (tertiary/aromatic N) is 1. The van der Waals surface area contributed by atoms with Gasteiger partial charge in [-0.05, 0) is 44.0 Å². The molecule has 19 heavy (non-hydrogen) atoms. The van der Waals surface area contributed by atoms with Crippen molar-refractivity contribution in [1.82, 2.24) is 4.90 Å². The number of urea groups is 1. The predicted molar refractivity (Wildman–Crippen MR) is 74.4 cm³/mol. The Morgan fingerprint density at radius 2 is 1.95 bits per heavy atom. The van der Waals surface area contributed by atoms with E-state index in [1.165, 1.54) is 4.90 Å². The number of amides is 2. The van der Waals surface area contributed by atoms with Crippen LogP contribution in [0.1, 0.15) is 24.5 Å². The quantitative estimate of drug-likeness (QED) is 0.859. The molecule has 0 spiro atoms. The molecule has 0 atom stereocenters. The van der Waals surface area contributed by atoms with Crippen molar-refractivity contribution in [3.63, 3.8) is 0 Å². The van der Waals surface area contributed by atoms with Gasteiger partial charge in [0, 0.05) is 18.8 Å². The highest BCUT2D eigenvalue weighted by atomic mass is 16.4. The smallest absolute Gasteiger partial charge is 0.321 e. The van der Waals surface area contributed by atoms with Crippen molar-refractivity contribution in [3.05, 3.63) is 29.3 Å². The summed E-state index contributed by atoms with van der Waals surface area (Å²) < 4.78 is 0. The van der Waals surface area contributed by atoms with Crippen LogP contribution in [-0.4, -0.2) is 35.1 Å². The molecule has 0 fully saturated rings. The molecule has 1 aromatic rings. The summed E-state index contributed by atoms with van der Waals surface area (Å²) in [6.07, 6.45) is -0.0474. The first-order valence-electron chi connectivity index (χ1n) is 6.29. The molecule has 5 heteroatoms. The number of carbonyl (C=O) groups is 2. The SMILES string of the molecule is CCN(CCC(=O)O)C(=O)Nc1ccc(C)c(C)c1. The monoisotopic (exact) mass is 264 g/mol. The molecule has 0 saturated heterocycles. The van der Waals surface area contributed by atoms with Crippen molar-refractivity contribution < 1.29 is 14.7 Å². The number of aliphatic carboxylic acids is 1. The second-order valence-corrected chi connectivity index (χ2v) is 4.45. The third-order valence-corrected chi connectivity index (χ3v) is 3.02. The summed E-state index contributed by atoms with van der Waals surface area (Å²) in [5.41, 5.74) is 2.99. The van der Waals surface area contributed by atoms with E-state index < -0.39 is 5.97 Å². The zero-order valence-corrected chi connectivity index (χ0v) is 11.6. The number of anilines is 1. The van der Waals surface area contributed by atoms with E-state index in [0.29, 0.717) is 6.54 Å². The number of carboxylic acid groups (broad SMARTS) is 1. The molecule has 0 aromatic heterocycles. The van der Waals surface area contributed by atoms with Crippen molar-refractivity contribution in [2.24, 2.45) is 0 Å². The Labute approximate surface area is 113 Å². The first-order valence-corrected chi connectivity index (χ1v) is 6.29. The largest absolute Gasteiger partial charge is 0.481 e. The fourth-order valence-corrected chi connectivity index (χ4v) is 1.66. The van der Waals surface area contributed by atoms with Gasteiger partial charge in [0.05, 0.1) is 6.42 Å². The van der Waals surface area contributed by atoms with E-state index in [0.717, 1.165) is 16.8 Å². The lowest BCUT2D eigenvalue weighted by Gasteiger charge is -2.20. The molecule has 2 N–H and O–H groups in total. The number of aryl methyl sites for hydroxylation is 2. The molecule has 0 aliphatic heterocycles. The lowest BCUT2D eigenvalue weighted by atomic mass is 10.1. The molecule has 2 amide bonds. The average Bonchev–Trinajstić information content (AvgIpc) is 2.34. The van der Waals surface area contributed by atoms with E-state index in [1.54, 1.807) is 0 Å². The van der Waals surface area contributed by atoms with Crippen LogP contribution >= 0.6 is 0 Å². The fraction of sp³-hybridized carbons (Fsp3) is 0.429. The number of hydrogen-bond donors (Lipinski definition) is 2. The van der Waals surface area contributed by atoms with Crippen molar-refractivity contribution in [1.29, 1.82) is 0 Å². The van der Waals surface area contributed by atoms with E-state index in [1.807, 2.05) is 39.0 Å². The van der Waals surface area contributed by atoms with Gasteiger partial charge in [-0.2, -0.15) is 0 Å². The Kier molecular flexibility index (Phi) is 5.36. The van der Waals surface area contributed by atoms with Crippen molar-refractivity contribution >= 4 is 17.7 Å². The third kappa shape index (κ3) is 4.62. The summed E-state index contributed by atoms with van der Waals surface area (Å²) in [4.78, 5) is 24.0. The van der Waals surface area contributed by atoms with Crippen LogP contribution in [0.3, 0.4) is 0 Å². The van der Waals surface area contributed by atoms with E-state index >= 15 is 0 Å². The first kappa shape index (κ1) is 15.0. The highest BCUT2D eigenvalue weighted by molar-refractivity contribution is 5.89. The second kappa shape index (κ2) is 6.78. The van der Waals surface area contributed by atoms with Gasteiger partial charge in [-0.1, -0.05) is 6.07 Å². The third-order valence-electron chi connectivity index (χ3n) is 3.02. The standard InChI is InChI=1S/C14H20N2O3/c1-4-16(8-7-13(17)18)14(19)15-12-6-5-10(2)11(3)9-12/h5-6,9H,4,7-8H2,1-3H3,(H,15,19)(H,17,18). The van der Waals surface area contributed by atoms with E-state index in [9.17, 15) is 9.59 Å². The highest BCUT2D eigenvalue weighted by Crippen LogP contribution is 2.14. The average molecular weight is 264 g/mol. The van der Waals surface area contributed by atoms with Crippen LogP contribution < -0.4 is 5.32 Å². The van der Waals surface area contributed by atoms with Crippen LogP contribution in [0.25, 0.3) is 0 Å². The fourth-order valence-electron chi connectivity index (χ4n) is 1.66. The molecule has 1 aromatic carbocycles. The molecular weight excluding hydrogens is 244 g/mol. The summed E-state index contributed by atoms with van der Waals surface area (Å²) in [5.74, 6) is -0.905. The molecule has 0 aliphatic rings. The van der Waals surface area contributed by atoms with Gasteiger partial charge in [0.15, 0.2) is 0 Å². The number of benzene rings is 1.